The molecule has 1 aliphatic rings. The van der Waals surface area contributed by atoms with Crippen molar-refractivity contribution in [2.45, 2.75) is 52.0 Å². The molecule has 1 fully saturated rings. The van der Waals surface area contributed by atoms with Gasteiger partial charge in [0.1, 0.15) is 0 Å². The summed E-state index contributed by atoms with van der Waals surface area (Å²) in [5, 5.41) is 7.91. The summed E-state index contributed by atoms with van der Waals surface area (Å²) in [6.45, 7) is 5.61. The first kappa shape index (κ1) is 12.6. The second-order valence-corrected chi connectivity index (χ2v) is 5.94. The van der Waals surface area contributed by atoms with Crippen LogP contribution in [0, 0.1) is 5.41 Å². The fraction of sp³-hybridized carbons (Fsp3) is 0.786. The minimum atomic E-state index is 0.479. The zero-order chi connectivity index (χ0) is 12.3. The van der Waals surface area contributed by atoms with E-state index in [1.165, 1.54) is 37.7 Å². The predicted octanol–water partition coefficient (Wildman–Crippen LogP) is 2.52. The Morgan fingerprint density at radius 3 is 2.65 bits per heavy atom. The first-order valence-corrected chi connectivity index (χ1v) is 6.81. The molecule has 0 aromatic carbocycles. The van der Waals surface area contributed by atoms with E-state index in [0.717, 1.165) is 6.54 Å². The van der Waals surface area contributed by atoms with E-state index in [9.17, 15) is 0 Å². The minimum Gasteiger partial charge on any atom is -0.314 e. The SMILES string of the molecule is CC(C)NCC1(Cc2cnn(C)c2)CCCC1. The molecule has 0 atom stereocenters. The van der Waals surface area contributed by atoms with Gasteiger partial charge in [-0.3, -0.25) is 4.68 Å². The van der Waals surface area contributed by atoms with E-state index in [1.54, 1.807) is 0 Å². The van der Waals surface area contributed by atoms with E-state index >= 15 is 0 Å². The average Bonchev–Trinajstić information content (AvgIpc) is 2.87. The third-order valence-electron chi connectivity index (χ3n) is 3.89. The highest BCUT2D eigenvalue weighted by Gasteiger charge is 2.34. The predicted molar refractivity (Wildman–Crippen MR) is 71.0 cm³/mol. The normalized spacial score (nSPS) is 19.1. The van der Waals surface area contributed by atoms with Gasteiger partial charge in [-0.2, -0.15) is 5.10 Å². The number of rotatable bonds is 5. The van der Waals surface area contributed by atoms with Gasteiger partial charge in [0.15, 0.2) is 0 Å². The Bertz CT molecular complexity index is 348. The van der Waals surface area contributed by atoms with Crippen molar-refractivity contribution in [3.05, 3.63) is 18.0 Å². The van der Waals surface area contributed by atoms with Gasteiger partial charge in [-0.25, -0.2) is 0 Å². The number of nitrogens with one attached hydrogen (secondary N) is 1. The third-order valence-corrected chi connectivity index (χ3v) is 3.89. The van der Waals surface area contributed by atoms with Crippen LogP contribution in [0.4, 0.5) is 0 Å². The van der Waals surface area contributed by atoms with Gasteiger partial charge in [-0.05, 0) is 30.2 Å². The van der Waals surface area contributed by atoms with Gasteiger partial charge in [0.2, 0.25) is 0 Å². The van der Waals surface area contributed by atoms with Crippen molar-refractivity contribution in [3.8, 4) is 0 Å². The summed E-state index contributed by atoms with van der Waals surface area (Å²) < 4.78 is 1.91. The van der Waals surface area contributed by atoms with Crippen LogP contribution < -0.4 is 5.32 Å². The van der Waals surface area contributed by atoms with E-state index in [2.05, 4.69) is 30.5 Å². The number of hydrogen-bond acceptors (Lipinski definition) is 2. The lowest BCUT2D eigenvalue weighted by Crippen LogP contribution is -2.37. The molecule has 96 valence electrons. The van der Waals surface area contributed by atoms with Crippen LogP contribution in [-0.4, -0.2) is 22.4 Å². The highest BCUT2D eigenvalue weighted by Crippen LogP contribution is 2.40. The molecule has 0 aliphatic heterocycles. The Kier molecular flexibility index (Phi) is 3.87. The fourth-order valence-electron chi connectivity index (χ4n) is 2.96. The highest BCUT2D eigenvalue weighted by atomic mass is 15.2. The summed E-state index contributed by atoms with van der Waals surface area (Å²) >= 11 is 0. The van der Waals surface area contributed by atoms with Crippen LogP contribution >= 0.6 is 0 Å². The molecule has 3 nitrogen and oxygen atoms in total. The Balaban J connectivity index is 2.01. The number of nitrogens with zero attached hydrogens (tertiary/aromatic N) is 2. The van der Waals surface area contributed by atoms with Gasteiger partial charge in [-0.1, -0.05) is 26.7 Å². The van der Waals surface area contributed by atoms with E-state index in [1.807, 2.05) is 17.9 Å². The molecule has 1 aromatic heterocycles. The van der Waals surface area contributed by atoms with Crippen LogP contribution in [-0.2, 0) is 13.5 Å². The van der Waals surface area contributed by atoms with Crippen molar-refractivity contribution >= 4 is 0 Å². The summed E-state index contributed by atoms with van der Waals surface area (Å²) in [7, 11) is 2.00. The smallest absolute Gasteiger partial charge is 0.0521 e. The molecule has 1 saturated carbocycles. The quantitative estimate of drug-likeness (QED) is 0.850. The maximum absolute atomic E-state index is 4.28. The molecular weight excluding hydrogens is 210 g/mol. The van der Waals surface area contributed by atoms with Crippen LogP contribution in [0.15, 0.2) is 12.4 Å². The summed E-state index contributed by atoms with van der Waals surface area (Å²) in [6.07, 6.45) is 10.9. The molecule has 1 aromatic rings. The maximum atomic E-state index is 4.28. The van der Waals surface area contributed by atoms with Gasteiger partial charge in [-0.15, -0.1) is 0 Å². The van der Waals surface area contributed by atoms with Crippen molar-refractivity contribution in [2.24, 2.45) is 12.5 Å². The average molecular weight is 235 g/mol. The van der Waals surface area contributed by atoms with Crippen molar-refractivity contribution in [1.82, 2.24) is 15.1 Å². The van der Waals surface area contributed by atoms with Crippen molar-refractivity contribution in [2.75, 3.05) is 6.54 Å². The Morgan fingerprint density at radius 1 is 1.41 bits per heavy atom. The number of aryl methyl sites for hydroxylation is 1. The zero-order valence-corrected chi connectivity index (χ0v) is 11.4. The van der Waals surface area contributed by atoms with E-state index in [4.69, 9.17) is 0 Å². The van der Waals surface area contributed by atoms with Gasteiger partial charge in [0.25, 0.3) is 0 Å². The van der Waals surface area contributed by atoms with Crippen LogP contribution in [0.1, 0.15) is 45.1 Å². The Hall–Kier alpha value is -0.830. The molecule has 0 bridgehead atoms. The molecule has 17 heavy (non-hydrogen) atoms. The summed E-state index contributed by atoms with van der Waals surface area (Å²) in [5.74, 6) is 0. The van der Waals surface area contributed by atoms with E-state index < -0.39 is 0 Å². The molecule has 0 radical (unpaired) electrons. The lowest BCUT2D eigenvalue weighted by molar-refractivity contribution is 0.269. The molecule has 0 saturated heterocycles. The highest BCUT2D eigenvalue weighted by molar-refractivity contribution is 5.09. The van der Waals surface area contributed by atoms with E-state index in [0.29, 0.717) is 11.5 Å². The lowest BCUT2D eigenvalue weighted by Gasteiger charge is -2.30. The molecule has 1 aliphatic carbocycles. The minimum absolute atomic E-state index is 0.479. The van der Waals surface area contributed by atoms with Crippen molar-refractivity contribution in [3.63, 3.8) is 0 Å². The first-order chi connectivity index (χ1) is 8.10. The molecule has 0 spiro atoms. The van der Waals surface area contributed by atoms with Crippen LogP contribution in [0.5, 0.6) is 0 Å². The van der Waals surface area contributed by atoms with E-state index in [-0.39, 0.29) is 0 Å². The molecule has 3 heteroatoms. The lowest BCUT2D eigenvalue weighted by atomic mass is 9.80. The first-order valence-electron chi connectivity index (χ1n) is 6.81. The summed E-state index contributed by atoms with van der Waals surface area (Å²) in [4.78, 5) is 0. The van der Waals surface area contributed by atoms with Crippen LogP contribution in [0.25, 0.3) is 0 Å². The standard InChI is InChI=1S/C14H25N3/c1-12(2)15-11-14(6-4-5-7-14)8-13-9-16-17(3)10-13/h9-10,12,15H,4-8,11H2,1-3H3. The number of aromatic nitrogens is 2. The molecule has 1 heterocycles. The maximum Gasteiger partial charge on any atom is 0.0521 e. The van der Waals surface area contributed by atoms with Crippen LogP contribution in [0.3, 0.4) is 0 Å². The summed E-state index contributed by atoms with van der Waals surface area (Å²) in [6, 6.07) is 0.585. The zero-order valence-electron chi connectivity index (χ0n) is 11.4. The molecule has 0 unspecified atom stereocenters. The second-order valence-electron chi connectivity index (χ2n) is 5.94. The molecule has 0 amide bonds. The molecule has 2 rings (SSSR count). The van der Waals surface area contributed by atoms with Gasteiger partial charge in [0, 0.05) is 25.8 Å². The largest absolute Gasteiger partial charge is 0.314 e. The van der Waals surface area contributed by atoms with Crippen molar-refractivity contribution < 1.29 is 0 Å². The van der Waals surface area contributed by atoms with Gasteiger partial charge in [0.05, 0.1) is 6.20 Å². The number of hydrogen-bond donors (Lipinski definition) is 1. The van der Waals surface area contributed by atoms with Gasteiger partial charge < -0.3 is 5.32 Å². The monoisotopic (exact) mass is 235 g/mol. The van der Waals surface area contributed by atoms with Crippen molar-refractivity contribution in [1.29, 1.82) is 0 Å². The topological polar surface area (TPSA) is 29.9 Å². The summed E-state index contributed by atoms with van der Waals surface area (Å²) in [5.41, 5.74) is 1.87. The Labute approximate surface area is 105 Å². The molecule has 1 N–H and O–H groups in total. The molecular formula is C14H25N3. The fourth-order valence-corrected chi connectivity index (χ4v) is 2.96. The van der Waals surface area contributed by atoms with Gasteiger partial charge >= 0.3 is 0 Å². The Morgan fingerprint density at radius 2 is 2.12 bits per heavy atom. The third kappa shape index (κ3) is 3.32. The van der Waals surface area contributed by atoms with Crippen LogP contribution in [0.2, 0.25) is 0 Å². The second kappa shape index (κ2) is 5.21.